The van der Waals surface area contributed by atoms with E-state index < -0.39 is 86.8 Å². The first kappa shape index (κ1) is 70.1. The number of amides is 1. The topological polar surface area (TPSA) is 228 Å². The van der Waals surface area contributed by atoms with Gasteiger partial charge >= 0.3 is 0 Å². The molecule has 9 N–H and O–H groups in total. The van der Waals surface area contributed by atoms with Crippen LogP contribution in [0.4, 0.5) is 0 Å². The van der Waals surface area contributed by atoms with Crippen LogP contribution in [0.1, 0.15) is 290 Å². The number of carbonyl (C=O) groups is 1. The van der Waals surface area contributed by atoms with E-state index in [-0.39, 0.29) is 12.5 Å². The molecule has 14 heteroatoms. The van der Waals surface area contributed by atoms with E-state index in [0.717, 1.165) is 51.4 Å². The fourth-order valence-corrected chi connectivity index (χ4v) is 10.9. The van der Waals surface area contributed by atoms with Crippen LogP contribution < -0.4 is 5.32 Å². The van der Waals surface area contributed by atoms with E-state index in [4.69, 9.17) is 18.9 Å². The van der Waals surface area contributed by atoms with Gasteiger partial charge in [-0.3, -0.25) is 4.79 Å². The minimum Gasteiger partial charge on any atom is -0.394 e. The molecule has 0 aromatic rings. The Hall–Kier alpha value is -1.01. The molecule has 0 aromatic carbocycles. The maximum Gasteiger partial charge on any atom is 0.220 e. The highest BCUT2D eigenvalue weighted by Gasteiger charge is 2.51. The smallest absolute Gasteiger partial charge is 0.220 e. The molecule has 2 aliphatic heterocycles. The first-order valence-corrected chi connectivity index (χ1v) is 31.8. The number of aliphatic hydroxyl groups is 8. The second-order valence-corrected chi connectivity index (χ2v) is 22.9. The van der Waals surface area contributed by atoms with Crippen molar-refractivity contribution in [1.29, 1.82) is 0 Å². The maximum absolute atomic E-state index is 13.2. The first-order chi connectivity index (χ1) is 36.6. The lowest BCUT2D eigenvalue weighted by atomic mass is 9.97. The summed E-state index contributed by atoms with van der Waals surface area (Å²) >= 11 is 0. The molecule has 0 spiro atoms. The lowest BCUT2D eigenvalue weighted by Crippen LogP contribution is -2.65. The van der Waals surface area contributed by atoms with E-state index in [1.807, 2.05) is 0 Å². The Kier molecular flexibility index (Phi) is 44.6. The molecule has 1 amide bonds. The fraction of sp³-hybridized carbons (Fsp3) is 0.984. The molecule has 2 rings (SSSR count). The maximum atomic E-state index is 13.2. The van der Waals surface area contributed by atoms with Crippen LogP contribution in [0, 0.1) is 0 Å². The van der Waals surface area contributed by atoms with E-state index >= 15 is 0 Å². The fourth-order valence-electron chi connectivity index (χ4n) is 10.9. The minimum atomic E-state index is -1.78. The van der Waals surface area contributed by atoms with Gasteiger partial charge in [-0.15, -0.1) is 0 Å². The summed E-state index contributed by atoms with van der Waals surface area (Å²) in [6.07, 6.45) is 37.0. The normalized spacial score (nSPS) is 24.9. The Morgan fingerprint density at radius 3 is 1.13 bits per heavy atom. The Bertz CT molecular complexity index is 1270. The van der Waals surface area contributed by atoms with E-state index in [2.05, 4.69) is 19.2 Å². The van der Waals surface area contributed by atoms with E-state index in [9.17, 15) is 45.6 Å². The van der Waals surface area contributed by atoms with Crippen LogP contribution in [-0.4, -0.2) is 140 Å². The zero-order valence-corrected chi connectivity index (χ0v) is 48.1. The van der Waals surface area contributed by atoms with E-state index in [0.29, 0.717) is 12.8 Å². The van der Waals surface area contributed by atoms with Gasteiger partial charge in [0.2, 0.25) is 5.91 Å². The van der Waals surface area contributed by atoms with Gasteiger partial charge in [0.05, 0.1) is 32.0 Å². The molecule has 2 heterocycles. The van der Waals surface area contributed by atoms with Gasteiger partial charge < -0.3 is 65.1 Å². The molecule has 0 bridgehead atoms. The number of unbranched alkanes of at least 4 members (excludes halogenated alkanes) is 39. The van der Waals surface area contributed by atoms with Gasteiger partial charge in [-0.25, -0.2) is 0 Å². The van der Waals surface area contributed by atoms with Gasteiger partial charge in [0, 0.05) is 6.42 Å². The summed E-state index contributed by atoms with van der Waals surface area (Å²) in [6.45, 7) is 2.89. The summed E-state index contributed by atoms with van der Waals surface area (Å²) in [5.41, 5.74) is 0. The summed E-state index contributed by atoms with van der Waals surface area (Å²) in [6, 6.07) is -0.822. The molecule has 0 radical (unpaired) electrons. The average molecular weight is 1070 g/mol. The summed E-state index contributed by atoms with van der Waals surface area (Å²) in [4.78, 5) is 13.2. The number of nitrogens with one attached hydrogen (secondary N) is 1. The quantitative estimate of drug-likeness (QED) is 0.0259. The van der Waals surface area contributed by atoms with Gasteiger partial charge in [0.15, 0.2) is 12.6 Å². The third-order valence-electron chi connectivity index (χ3n) is 16.1. The largest absolute Gasteiger partial charge is 0.394 e. The highest BCUT2D eigenvalue weighted by molar-refractivity contribution is 5.76. The van der Waals surface area contributed by atoms with Crippen LogP contribution in [0.3, 0.4) is 0 Å². The predicted molar refractivity (Wildman–Crippen MR) is 300 cm³/mol. The monoisotopic (exact) mass is 1070 g/mol. The van der Waals surface area contributed by atoms with Crippen molar-refractivity contribution in [2.75, 3.05) is 19.8 Å². The molecule has 14 nitrogen and oxygen atoms in total. The molecule has 0 aromatic heterocycles. The van der Waals surface area contributed by atoms with Crippen molar-refractivity contribution in [3.05, 3.63) is 0 Å². The minimum absolute atomic E-state index is 0.202. The molecule has 2 aliphatic rings. The molecule has 0 aliphatic carbocycles. The summed E-state index contributed by atoms with van der Waals surface area (Å²) in [5, 5.41) is 87.2. The molecular formula is C61H119NO13. The standard InChI is InChI=1S/C61H119NO13/c1-3-5-7-9-11-13-15-17-18-19-20-21-22-23-24-25-26-27-28-29-30-31-32-33-34-36-38-40-42-44-50(65)49(62-53(66)45-43-41-39-37-35-16-14-12-10-8-6-4-2)48-72-60-58(71)56(69)59(52(47-64)74-60)75-61-57(70)55(68)54(67)51(46-63)73-61/h49-52,54-61,63-65,67-71H,3-48H2,1-2H3,(H,62,66). The van der Waals surface area contributed by atoms with Crippen LogP contribution in [0.25, 0.3) is 0 Å². The van der Waals surface area contributed by atoms with Crippen LogP contribution in [0.5, 0.6) is 0 Å². The summed E-state index contributed by atoms with van der Waals surface area (Å²) in [5.74, 6) is -0.202. The van der Waals surface area contributed by atoms with E-state index in [1.165, 1.54) is 212 Å². The summed E-state index contributed by atoms with van der Waals surface area (Å²) in [7, 11) is 0. The number of hydrogen-bond acceptors (Lipinski definition) is 13. The number of hydrogen-bond donors (Lipinski definition) is 9. The Labute approximate surface area is 457 Å². The number of aliphatic hydroxyl groups excluding tert-OH is 8. The van der Waals surface area contributed by atoms with Gasteiger partial charge in [-0.2, -0.15) is 0 Å². The Balaban J connectivity index is 1.65. The first-order valence-electron chi connectivity index (χ1n) is 31.8. The Morgan fingerprint density at radius 1 is 0.427 bits per heavy atom. The highest BCUT2D eigenvalue weighted by Crippen LogP contribution is 2.30. The SMILES string of the molecule is CCCCCCCCCCCCCCCCCCCCCCCCCCCCCCCC(O)C(COC1OC(CO)C(OC2OC(CO)C(O)C(O)C2O)C(O)C1O)NC(=O)CCCCCCCCCCCCCC. The number of carbonyl (C=O) groups excluding carboxylic acids is 1. The van der Waals surface area contributed by atoms with Gasteiger partial charge in [0.25, 0.3) is 0 Å². The third-order valence-corrected chi connectivity index (χ3v) is 16.1. The molecular weight excluding hydrogens is 955 g/mol. The highest BCUT2D eigenvalue weighted by atomic mass is 16.7. The number of rotatable bonds is 52. The average Bonchev–Trinajstić information content (AvgIpc) is 3.41. The lowest BCUT2D eigenvalue weighted by molar-refractivity contribution is -0.359. The Morgan fingerprint density at radius 2 is 0.760 bits per heavy atom. The zero-order valence-electron chi connectivity index (χ0n) is 48.1. The van der Waals surface area contributed by atoms with Crippen molar-refractivity contribution in [1.82, 2.24) is 5.32 Å². The summed E-state index contributed by atoms with van der Waals surface area (Å²) < 4.78 is 22.8. The van der Waals surface area contributed by atoms with Crippen molar-refractivity contribution >= 4 is 5.91 Å². The van der Waals surface area contributed by atoms with Crippen molar-refractivity contribution in [2.24, 2.45) is 0 Å². The third kappa shape index (κ3) is 33.4. The van der Waals surface area contributed by atoms with Crippen molar-refractivity contribution < 1.29 is 64.6 Å². The molecule has 12 atom stereocenters. The van der Waals surface area contributed by atoms with Crippen molar-refractivity contribution in [3.8, 4) is 0 Å². The van der Waals surface area contributed by atoms with E-state index in [1.54, 1.807) is 0 Å². The number of ether oxygens (including phenoxy) is 4. The van der Waals surface area contributed by atoms with Crippen LogP contribution in [-0.2, 0) is 23.7 Å². The molecule has 446 valence electrons. The molecule has 0 saturated carbocycles. The van der Waals surface area contributed by atoms with Crippen LogP contribution in [0.15, 0.2) is 0 Å². The van der Waals surface area contributed by atoms with Gasteiger partial charge in [-0.1, -0.05) is 271 Å². The van der Waals surface area contributed by atoms with Gasteiger partial charge in [0.1, 0.15) is 48.8 Å². The molecule has 2 fully saturated rings. The van der Waals surface area contributed by atoms with Crippen molar-refractivity contribution in [3.63, 3.8) is 0 Å². The molecule has 75 heavy (non-hydrogen) atoms. The second kappa shape index (κ2) is 47.8. The van der Waals surface area contributed by atoms with Crippen molar-refractivity contribution in [2.45, 2.75) is 364 Å². The zero-order chi connectivity index (χ0) is 54.6. The van der Waals surface area contributed by atoms with Gasteiger partial charge in [-0.05, 0) is 12.8 Å². The predicted octanol–water partition coefficient (Wildman–Crippen LogP) is 11.3. The second-order valence-electron chi connectivity index (χ2n) is 22.9. The van der Waals surface area contributed by atoms with Crippen LogP contribution >= 0.6 is 0 Å². The lowest BCUT2D eigenvalue weighted by Gasteiger charge is -2.46. The molecule has 12 unspecified atom stereocenters. The molecule has 2 saturated heterocycles. The van der Waals surface area contributed by atoms with Crippen LogP contribution in [0.2, 0.25) is 0 Å².